The Morgan fingerprint density at radius 3 is 2.39 bits per heavy atom. The van der Waals surface area contributed by atoms with Crippen LogP contribution in [0.25, 0.3) is 10.9 Å². The van der Waals surface area contributed by atoms with Crippen molar-refractivity contribution in [3.63, 3.8) is 0 Å². The number of H-pyrrole nitrogens is 1. The molecule has 0 radical (unpaired) electrons. The molecule has 1 heterocycles. The van der Waals surface area contributed by atoms with E-state index in [1.54, 1.807) is 25.1 Å². The van der Waals surface area contributed by atoms with Gasteiger partial charge in [0.2, 0.25) is 11.8 Å². The van der Waals surface area contributed by atoms with Crippen LogP contribution in [0.15, 0.2) is 48.5 Å². The second-order valence-electron chi connectivity index (χ2n) is 12.1. The quantitative estimate of drug-likeness (QED) is 0.204. The van der Waals surface area contributed by atoms with Crippen molar-refractivity contribution >= 4 is 52.1 Å². The van der Waals surface area contributed by atoms with E-state index < -0.39 is 23.7 Å². The number of fused-ring (bicyclic) bond motifs is 1. The van der Waals surface area contributed by atoms with Crippen molar-refractivity contribution in [3.8, 4) is 0 Å². The topological polar surface area (TPSA) is 139 Å². The first kappa shape index (κ1) is 32.9. The number of aromatic amines is 1. The lowest BCUT2D eigenvalue weighted by atomic mass is 9.81. The molecule has 0 bridgehead atoms. The van der Waals surface area contributed by atoms with Crippen molar-refractivity contribution in [2.45, 2.75) is 71.4 Å². The normalized spacial score (nSPS) is 17.4. The fourth-order valence-electron chi connectivity index (χ4n) is 5.33. The minimum absolute atomic E-state index is 0.150. The number of aromatic nitrogens is 1. The number of hydrogen-bond donors (Lipinski definition) is 4. The van der Waals surface area contributed by atoms with E-state index in [2.05, 4.69) is 20.9 Å². The minimum Gasteiger partial charge on any atom is -0.461 e. The van der Waals surface area contributed by atoms with Crippen molar-refractivity contribution in [1.29, 1.82) is 0 Å². The van der Waals surface area contributed by atoms with Crippen LogP contribution in [-0.4, -0.2) is 53.7 Å². The van der Waals surface area contributed by atoms with Gasteiger partial charge in [-0.1, -0.05) is 41.9 Å². The van der Waals surface area contributed by atoms with Crippen molar-refractivity contribution < 1.29 is 28.7 Å². The molecule has 0 spiro atoms. The van der Waals surface area contributed by atoms with Crippen LogP contribution < -0.4 is 16.0 Å². The number of amides is 3. The summed E-state index contributed by atoms with van der Waals surface area (Å²) in [5.41, 5.74) is 1.61. The third-order valence-electron chi connectivity index (χ3n) is 7.55. The van der Waals surface area contributed by atoms with Crippen LogP contribution in [-0.2, 0) is 25.5 Å². The van der Waals surface area contributed by atoms with Crippen LogP contribution in [0.4, 0.5) is 10.5 Å². The highest BCUT2D eigenvalue weighted by molar-refractivity contribution is 6.38. The second-order valence-corrected chi connectivity index (χ2v) is 12.5. The van der Waals surface area contributed by atoms with Crippen LogP contribution in [0.3, 0.4) is 0 Å². The highest BCUT2D eigenvalue weighted by atomic mass is 35.5. The van der Waals surface area contributed by atoms with Gasteiger partial charge in [0.25, 0.3) is 0 Å². The predicted octanol–water partition coefficient (Wildman–Crippen LogP) is 6.00. The Labute approximate surface area is 262 Å². The average Bonchev–Trinajstić information content (AvgIpc) is 3.31. The molecule has 4 N–H and O–H groups in total. The molecule has 1 saturated carbocycles. The van der Waals surface area contributed by atoms with Gasteiger partial charge in [0.05, 0.1) is 11.6 Å². The summed E-state index contributed by atoms with van der Waals surface area (Å²) in [5.74, 6) is -1.06. The van der Waals surface area contributed by atoms with Crippen LogP contribution in [0.2, 0.25) is 5.02 Å². The van der Waals surface area contributed by atoms with E-state index in [-0.39, 0.29) is 41.0 Å². The van der Waals surface area contributed by atoms with E-state index in [4.69, 9.17) is 21.1 Å². The highest BCUT2D eigenvalue weighted by Crippen LogP contribution is 2.31. The van der Waals surface area contributed by atoms with Crippen LogP contribution in [0.5, 0.6) is 0 Å². The van der Waals surface area contributed by atoms with Crippen molar-refractivity contribution in [3.05, 3.63) is 64.8 Å². The maximum Gasteiger partial charge on any atom is 0.407 e. The molecule has 2 aromatic carbocycles. The Kier molecular flexibility index (Phi) is 10.9. The molecule has 1 aliphatic carbocycles. The molecule has 3 aromatic rings. The maximum atomic E-state index is 13.6. The third-order valence-corrected chi connectivity index (χ3v) is 7.94. The number of hydrogen-bond acceptors (Lipinski definition) is 6. The van der Waals surface area contributed by atoms with Gasteiger partial charge in [0.1, 0.15) is 17.3 Å². The van der Waals surface area contributed by atoms with Crippen molar-refractivity contribution in [2.24, 2.45) is 11.8 Å². The Balaban J connectivity index is 1.40. The fraction of sp³-hybridized carbons (Fsp3) is 0.455. The Morgan fingerprint density at radius 1 is 1.02 bits per heavy atom. The SMILES string of the molecule is CCOC(=O)c1[nH]c2ccc(NC(=O)[C@H](Cc3ccccc3)NC(=O)C3CCC(CNC(=O)OC(C)(C)C)CC3)cc2c1Cl. The molecule has 0 saturated heterocycles. The van der Waals surface area contributed by atoms with Gasteiger partial charge in [-0.2, -0.15) is 0 Å². The van der Waals surface area contributed by atoms with Gasteiger partial charge in [0, 0.05) is 35.5 Å². The van der Waals surface area contributed by atoms with E-state index in [0.717, 1.165) is 18.4 Å². The number of benzene rings is 2. The van der Waals surface area contributed by atoms with E-state index in [1.807, 2.05) is 51.1 Å². The number of esters is 1. The molecule has 1 fully saturated rings. The first-order valence-corrected chi connectivity index (χ1v) is 15.4. The number of halogens is 1. The Bertz CT molecular complexity index is 1470. The number of alkyl carbamates (subject to hydrolysis) is 1. The molecule has 1 atom stereocenters. The summed E-state index contributed by atoms with van der Waals surface area (Å²) in [4.78, 5) is 54.2. The van der Waals surface area contributed by atoms with Gasteiger partial charge >= 0.3 is 12.1 Å². The van der Waals surface area contributed by atoms with Gasteiger partial charge in [-0.15, -0.1) is 0 Å². The predicted molar refractivity (Wildman–Crippen MR) is 170 cm³/mol. The van der Waals surface area contributed by atoms with Gasteiger partial charge in [0.15, 0.2) is 0 Å². The number of anilines is 1. The van der Waals surface area contributed by atoms with Crippen LogP contribution in [0, 0.1) is 11.8 Å². The van der Waals surface area contributed by atoms with Gasteiger partial charge in [-0.25, -0.2) is 9.59 Å². The van der Waals surface area contributed by atoms with Crippen LogP contribution >= 0.6 is 11.6 Å². The molecule has 44 heavy (non-hydrogen) atoms. The Morgan fingerprint density at radius 2 is 1.73 bits per heavy atom. The summed E-state index contributed by atoms with van der Waals surface area (Å²) in [5, 5.41) is 9.51. The molecule has 236 valence electrons. The molecule has 1 aliphatic rings. The number of rotatable bonds is 10. The zero-order valence-electron chi connectivity index (χ0n) is 25.6. The highest BCUT2D eigenvalue weighted by Gasteiger charge is 2.30. The largest absolute Gasteiger partial charge is 0.461 e. The Hall–Kier alpha value is -4.05. The van der Waals surface area contributed by atoms with Gasteiger partial charge in [-0.05, 0) is 83.1 Å². The average molecular weight is 625 g/mol. The fourth-order valence-corrected chi connectivity index (χ4v) is 5.61. The number of carbonyl (C=O) groups is 4. The van der Waals surface area contributed by atoms with Gasteiger partial charge in [-0.3, -0.25) is 9.59 Å². The molecule has 4 rings (SSSR count). The summed E-state index contributed by atoms with van der Waals surface area (Å²) in [6.07, 6.45) is 2.77. The smallest absolute Gasteiger partial charge is 0.407 e. The monoisotopic (exact) mass is 624 g/mol. The van der Waals surface area contributed by atoms with E-state index in [1.165, 1.54) is 0 Å². The number of ether oxygens (including phenoxy) is 2. The molecule has 10 nitrogen and oxygen atoms in total. The summed E-state index contributed by atoms with van der Waals surface area (Å²) < 4.78 is 10.4. The number of nitrogens with one attached hydrogen (secondary N) is 4. The van der Waals surface area contributed by atoms with E-state index in [0.29, 0.717) is 42.4 Å². The second kappa shape index (κ2) is 14.6. The van der Waals surface area contributed by atoms with Crippen molar-refractivity contribution in [2.75, 3.05) is 18.5 Å². The molecule has 1 aromatic heterocycles. The number of carbonyl (C=O) groups excluding carboxylic acids is 4. The summed E-state index contributed by atoms with van der Waals surface area (Å²) in [6.45, 7) is 7.89. The first-order chi connectivity index (χ1) is 20.9. The van der Waals surface area contributed by atoms with E-state index >= 15 is 0 Å². The summed E-state index contributed by atoms with van der Waals surface area (Å²) >= 11 is 6.46. The third kappa shape index (κ3) is 8.98. The summed E-state index contributed by atoms with van der Waals surface area (Å²) in [6, 6.07) is 13.8. The lowest BCUT2D eigenvalue weighted by Gasteiger charge is -2.29. The van der Waals surface area contributed by atoms with Crippen LogP contribution in [0.1, 0.15) is 69.4 Å². The molecule has 0 unspecified atom stereocenters. The zero-order chi connectivity index (χ0) is 31.9. The van der Waals surface area contributed by atoms with Crippen molar-refractivity contribution in [1.82, 2.24) is 15.6 Å². The van der Waals surface area contributed by atoms with Gasteiger partial charge < -0.3 is 30.4 Å². The lowest BCUT2D eigenvalue weighted by molar-refractivity contribution is -0.130. The maximum absolute atomic E-state index is 13.6. The lowest BCUT2D eigenvalue weighted by Crippen LogP contribution is -2.48. The molecule has 3 amide bonds. The zero-order valence-corrected chi connectivity index (χ0v) is 26.4. The summed E-state index contributed by atoms with van der Waals surface area (Å²) in [7, 11) is 0. The standard InChI is InChI=1S/C33H41ClN4O6/c1-5-43-31(41)28-27(34)24-18-23(15-16-25(24)37-28)36-30(40)26(17-20-9-7-6-8-10-20)38-29(39)22-13-11-21(12-14-22)19-35-32(42)44-33(2,3)4/h6-10,15-16,18,21-22,26,37H,5,11-14,17,19H2,1-4H3,(H,35,42)(H,36,40)(H,38,39)/t21?,22?,26-/m0/s1. The molecule has 0 aliphatic heterocycles. The minimum atomic E-state index is -0.816. The molecule has 11 heteroatoms. The molecular weight excluding hydrogens is 584 g/mol. The first-order valence-electron chi connectivity index (χ1n) is 15.0. The molecular formula is C33H41ClN4O6. The van der Waals surface area contributed by atoms with E-state index in [9.17, 15) is 19.2 Å².